The largest absolute Gasteiger partial charge is 0.465 e. The highest BCUT2D eigenvalue weighted by Gasteiger charge is 2.38. The number of hydrogen-bond donors (Lipinski definition) is 3. The lowest BCUT2D eigenvalue weighted by Crippen LogP contribution is -2.47. The quantitative estimate of drug-likeness (QED) is 0.132. The Morgan fingerprint density at radius 1 is 0.917 bits per heavy atom. The summed E-state index contributed by atoms with van der Waals surface area (Å²) in [7, 11) is -3.94. The van der Waals surface area contributed by atoms with Gasteiger partial charge >= 0.3 is 17.6 Å². The van der Waals surface area contributed by atoms with Crippen molar-refractivity contribution < 1.29 is 33.1 Å². The standard InChI is InChI=1S/C34H45N4O9P/c1-4-16-44-32(40)28(18-25-12-8-6-9-13-25)36-48(43,37-29(33(41)45-17-5-2)19-26-14-10-7-11-15-26)23-47-27-20-30(46-22-27)38-21-24(3)31(39)35-34(38)42/h6-15,21,27-30H,4-5,16-20,22-23H2,1-3H3,(H,35,39,42)(H2,36,37,43)/t27-,28+,29+,30?/m1/s1. The highest BCUT2D eigenvalue weighted by atomic mass is 31.2. The highest BCUT2D eigenvalue weighted by Crippen LogP contribution is 2.40. The zero-order chi connectivity index (χ0) is 34.5. The molecule has 4 atom stereocenters. The molecule has 3 N–H and O–H groups in total. The minimum atomic E-state index is -3.94. The lowest BCUT2D eigenvalue weighted by Gasteiger charge is -2.29. The van der Waals surface area contributed by atoms with Gasteiger partial charge in [-0.2, -0.15) is 0 Å². The molecule has 0 radical (unpaired) electrons. The lowest BCUT2D eigenvalue weighted by atomic mass is 10.1. The fourth-order valence-corrected chi connectivity index (χ4v) is 7.23. The van der Waals surface area contributed by atoms with E-state index in [1.807, 2.05) is 74.5 Å². The van der Waals surface area contributed by atoms with Gasteiger partial charge in [0.1, 0.15) is 24.7 Å². The molecule has 3 aromatic rings. The molecule has 0 spiro atoms. The number of esters is 2. The van der Waals surface area contributed by atoms with E-state index in [4.69, 9.17) is 18.9 Å². The Balaban J connectivity index is 1.60. The van der Waals surface area contributed by atoms with Crippen molar-refractivity contribution in [2.75, 3.05) is 26.2 Å². The molecule has 0 bridgehead atoms. The van der Waals surface area contributed by atoms with Gasteiger partial charge in [0, 0.05) is 18.2 Å². The SMILES string of the molecule is CCCOC(=O)[C@H](Cc1ccccc1)NP(=O)(CO[C@H]1COC(n2cc(C)c(=O)[nH]c2=O)C1)N[C@@H](Cc1ccccc1)C(=O)OCCC. The number of carbonyl (C=O) groups excluding carboxylic acids is 2. The van der Waals surface area contributed by atoms with E-state index in [1.165, 1.54) is 10.8 Å². The maximum absolute atomic E-state index is 14.9. The molecule has 0 amide bonds. The van der Waals surface area contributed by atoms with Gasteiger partial charge in [0.15, 0.2) is 0 Å². The number of aromatic nitrogens is 2. The first-order chi connectivity index (χ1) is 23.1. The van der Waals surface area contributed by atoms with Crippen molar-refractivity contribution in [2.45, 2.75) is 77.3 Å². The van der Waals surface area contributed by atoms with Gasteiger partial charge < -0.3 is 18.9 Å². The molecule has 14 heteroatoms. The molecule has 0 saturated carbocycles. The van der Waals surface area contributed by atoms with Gasteiger partial charge in [0.05, 0.1) is 25.9 Å². The van der Waals surface area contributed by atoms with E-state index in [-0.39, 0.29) is 39.1 Å². The Labute approximate surface area is 279 Å². The first-order valence-electron chi connectivity index (χ1n) is 16.2. The van der Waals surface area contributed by atoms with Gasteiger partial charge in [0.2, 0.25) is 7.44 Å². The van der Waals surface area contributed by atoms with Crippen LogP contribution >= 0.6 is 7.44 Å². The Kier molecular flexibility index (Phi) is 13.9. The molecule has 2 heterocycles. The number of rotatable bonds is 18. The third-order valence-electron chi connectivity index (χ3n) is 7.65. The van der Waals surface area contributed by atoms with E-state index >= 15 is 0 Å². The molecule has 1 aliphatic rings. The fourth-order valence-electron chi connectivity index (χ4n) is 5.18. The average Bonchev–Trinajstić information content (AvgIpc) is 3.56. The van der Waals surface area contributed by atoms with Gasteiger partial charge in [-0.25, -0.2) is 15.0 Å². The van der Waals surface area contributed by atoms with E-state index in [0.717, 1.165) is 11.1 Å². The average molecular weight is 685 g/mol. The summed E-state index contributed by atoms with van der Waals surface area (Å²) in [6, 6.07) is 16.4. The number of aromatic amines is 1. The molecular formula is C34H45N4O9P. The predicted molar refractivity (Wildman–Crippen MR) is 180 cm³/mol. The fraction of sp³-hybridized carbons (Fsp3) is 0.471. The van der Waals surface area contributed by atoms with E-state index in [2.05, 4.69) is 15.2 Å². The monoisotopic (exact) mass is 684 g/mol. The van der Waals surface area contributed by atoms with E-state index in [1.54, 1.807) is 6.92 Å². The van der Waals surface area contributed by atoms with Gasteiger partial charge in [0.25, 0.3) is 5.56 Å². The Hall–Kier alpha value is -3.87. The van der Waals surface area contributed by atoms with Crippen molar-refractivity contribution in [3.05, 3.63) is 104 Å². The first-order valence-corrected chi connectivity index (χ1v) is 18.1. The minimum Gasteiger partial charge on any atom is -0.465 e. The third-order valence-corrected chi connectivity index (χ3v) is 9.62. The summed E-state index contributed by atoms with van der Waals surface area (Å²) in [4.78, 5) is 53.3. The van der Waals surface area contributed by atoms with Gasteiger partial charge in [-0.05, 0) is 43.7 Å². The van der Waals surface area contributed by atoms with Crippen molar-refractivity contribution in [2.24, 2.45) is 0 Å². The molecule has 1 aliphatic heterocycles. The van der Waals surface area contributed by atoms with Crippen LogP contribution in [0.15, 0.2) is 76.4 Å². The van der Waals surface area contributed by atoms with Crippen LogP contribution < -0.4 is 21.4 Å². The second kappa shape index (κ2) is 18.0. The number of aryl methyl sites for hydroxylation is 1. The normalized spacial score (nSPS) is 17.5. The van der Waals surface area contributed by atoms with Crippen LogP contribution in [0, 0.1) is 6.92 Å². The minimum absolute atomic E-state index is 0.0766. The number of benzene rings is 2. The van der Waals surface area contributed by atoms with Crippen LogP contribution in [-0.4, -0.2) is 65.8 Å². The smallest absolute Gasteiger partial charge is 0.330 e. The number of H-pyrrole nitrogens is 1. The Morgan fingerprint density at radius 2 is 1.44 bits per heavy atom. The molecule has 1 aromatic heterocycles. The Morgan fingerprint density at radius 3 is 1.94 bits per heavy atom. The number of nitrogens with one attached hydrogen (secondary N) is 3. The van der Waals surface area contributed by atoms with Crippen molar-refractivity contribution in [3.8, 4) is 0 Å². The van der Waals surface area contributed by atoms with Crippen LogP contribution in [0.2, 0.25) is 0 Å². The maximum Gasteiger partial charge on any atom is 0.330 e. The van der Waals surface area contributed by atoms with Crippen LogP contribution in [-0.2, 0) is 45.9 Å². The number of carbonyl (C=O) groups is 2. The summed E-state index contributed by atoms with van der Waals surface area (Å²) >= 11 is 0. The maximum atomic E-state index is 14.9. The molecule has 0 aliphatic carbocycles. The summed E-state index contributed by atoms with van der Waals surface area (Å²) in [6.07, 6.45) is 1.46. The summed E-state index contributed by atoms with van der Waals surface area (Å²) < 4.78 is 39.1. The van der Waals surface area contributed by atoms with E-state index in [0.29, 0.717) is 18.4 Å². The Bertz CT molecular complexity index is 1580. The van der Waals surface area contributed by atoms with Crippen molar-refractivity contribution in [1.29, 1.82) is 0 Å². The molecule has 2 aromatic carbocycles. The molecule has 4 rings (SSSR count). The lowest BCUT2D eigenvalue weighted by molar-refractivity contribution is -0.146. The van der Waals surface area contributed by atoms with Crippen LogP contribution in [0.4, 0.5) is 0 Å². The van der Waals surface area contributed by atoms with Crippen LogP contribution in [0.5, 0.6) is 0 Å². The number of nitrogens with zero attached hydrogens (tertiary/aromatic N) is 1. The van der Waals surface area contributed by atoms with Gasteiger partial charge in [-0.1, -0.05) is 74.5 Å². The zero-order valence-corrected chi connectivity index (χ0v) is 28.5. The van der Waals surface area contributed by atoms with Gasteiger partial charge in [-0.15, -0.1) is 0 Å². The van der Waals surface area contributed by atoms with Crippen molar-refractivity contribution in [3.63, 3.8) is 0 Å². The topological polar surface area (TPSA) is 167 Å². The van der Waals surface area contributed by atoms with Crippen LogP contribution in [0.3, 0.4) is 0 Å². The van der Waals surface area contributed by atoms with Crippen molar-refractivity contribution >= 4 is 19.4 Å². The third kappa shape index (κ3) is 10.8. The molecule has 1 fully saturated rings. The second-order valence-corrected chi connectivity index (χ2v) is 14.0. The second-order valence-electron chi connectivity index (χ2n) is 11.7. The molecule has 1 unspecified atom stereocenters. The van der Waals surface area contributed by atoms with E-state index < -0.39 is 61.4 Å². The van der Waals surface area contributed by atoms with Crippen LogP contribution in [0.1, 0.15) is 56.0 Å². The molecule has 48 heavy (non-hydrogen) atoms. The highest BCUT2D eigenvalue weighted by molar-refractivity contribution is 7.59. The summed E-state index contributed by atoms with van der Waals surface area (Å²) in [5, 5.41) is 6.01. The van der Waals surface area contributed by atoms with Gasteiger partial charge in [-0.3, -0.25) is 28.5 Å². The summed E-state index contributed by atoms with van der Waals surface area (Å²) in [5.41, 5.74) is 0.874. The zero-order valence-electron chi connectivity index (χ0n) is 27.6. The predicted octanol–water partition coefficient (Wildman–Crippen LogP) is 3.61. The van der Waals surface area contributed by atoms with Crippen molar-refractivity contribution in [1.82, 2.24) is 19.7 Å². The number of hydrogen-bond acceptors (Lipinski definition) is 9. The van der Waals surface area contributed by atoms with Crippen LogP contribution in [0.25, 0.3) is 0 Å². The summed E-state index contributed by atoms with van der Waals surface area (Å²) in [5.74, 6) is -1.18. The molecule has 260 valence electrons. The summed E-state index contributed by atoms with van der Waals surface area (Å²) in [6.45, 7) is 5.79. The molecule has 1 saturated heterocycles. The molecular weight excluding hydrogens is 639 g/mol. The van der Waals surface area contributed by atoms with E-state index in [9.17, 15) is 23.7 Å². The first kappa shape index (κ1) is 37.0. The number of ether oxygens (including phenoxy) is 4. The molecule has 13 nitrogen and oxygen atoms in total.